The highest BCUT2D eigenvalue weighted by Crippen LogP contribution is 2.34. The van der Waals surface area contributed by atoms with Crippen molar-refractivity contribution in [2.24, 2.45) is 0 Å². The van der Waals surface area contributed by atoms with Crippen LogP contribution in [0.5, 0.6) is 11.5 Å². The van der Waals surface area contributed by atoms with Crippen LogP contribution in [0.25, 0.3) is 0 Å². The molecule has 0 radical (unpaired) electrons. The van der Waals surface area contributed by atoms with E-state index in [-0.39, 0.29) is 0 Å². The Bertz CT molecular complexity index is 858. The average Bonchev–Trinajstić information content (AvgIpc) is 2.70. The third-order valence-electron chi connectivity index (χ3n) is 4.93. The zero-order valence-electron chi connectivity index (χ0n) is 17.6. The van der Waals surface area contributed by atoms with E-state index in [0.29, 0.717) is 28.8 Å². The molecule has 1 aromatic carbocycles. The average molecular weight is 400 g/mol. The maximum absolute atomic E-state index is 12.6. The molecule has 2 heterocycles. The zero-order valence-corrected chi connectivity index (χ0v) is 17.6. The standard InChI is InChI=1S/C20H28N6O3/c1-13-17(14(2)22-19(21-13)26-11-9-25(3)10-12-26)24-20(27)23-15-7-6-8-16(28-4)18(15)29-5/h6-8H,9-12H2,1-5H3,(H2,23,24,27). The molecule has 0 atom stereocenters. The number of nitrogens with zero attached hydrogens (tertiary/aromatic N) is 4. The summed E-state index contributed by atoms with van der Waals surface area (Å²) in [4.78, 5) is 26.3. The van der Waals surface area contributed by atoms with Crippen LogP contribution < -0.4 is 25.0 Å². The summed E-state index contributed by atoms with van der Waals surface area (Å²) in [5, 5.41) is 5.65. The molecule has 1 aliphatic rings. The molecular weight excluding hydrogens is 372 g/mol. The highest BCUT2D eigenvalue weighted by atomic mass is 16.5. The Morgan fingerprint density at radius 3 is 2.24 bits per heavy atom. The van der Waals surface area contributed by atoms with Crippen molar-refractivity contribution in [2.75, 3.05) is 63.0 Å². The second-order valence-electron chi connectivity index (χ2n) is 6.98. The second-order valence-corrected chi connectivity index (χ2v) is 6.98. The minimum atomic E-state index is -0.404. The van der Waals surface area contributed by atoms with E-state index in [2.05, 4.69) is 37.4 Å². The Labute approximate surface area is 171 Å². The summed E-state index contributed by atoms with van der Waals surface area (Å²) in [6.07, 6.45) is 0. The molecule has 0 bridgehead atoms. The molecule has 9 nitrogen and oxygen atoms in total. The first-order chi connectivity index (χ1) is 13.9. The fourth-order valence-corrected chi connectivity index (χ4v) is 3.28. The number of aromatic nitrogens is 2. The first-order valence-electron chi connectivity index (χ1n) is 9.50. The van der Waals surface area contributed by atoms with Gasteiger partial charge in [0.25, 0.3) is 0 Å². The topological polar surface area (TPSA) is 91.8 Å². The van der Waals surface area contributed by atoms with Crippen molar-refractivity contribution in [1.29, 1.82) is 0 Å². The van der Waals surface area contributed by atoms with Crippen molar-refractivity contribution < 1.29 is 14.3 Å². The van der Waals surface area contributed by atoms with E-state index < -0.39 is 6.03 Å². The number of para-hydroxylation sites is 1. The molecular formula is C20H28N6O3. The molecule has 0 spiro atoms. The minimum absolute atomic E-state index is 0.404. The highest BCUT2D eigenvalue weighted by molar-refractivity contribution is 6.01. The minimum Gasteiger partial charge on any atom is -0.493 e. The van der Waals surface area contributed by atoms with Gasteiger partial charge >= 0.3 is 6.03 Å². The molecule has 2 amide bonds. The van der Waals surface area contributed by atoms with Gasteiger partial charge in [0.15, 0.2) is 11.5 Å². The number of carbonyl (C=O) groups excluding carboxylic acids is 1. The van der Waals surface area contributed by atoms with Gasteiger partial charge in [-0.25, -0.2) is 14.8 Å². The van der Waals surface area contributed by atoms with Crippen LogP contribution in [0.3, 0.4) is 0 Å². The highest BCUT2D eigenvalue weighted by Gasteiger charge is 2.20. The predicted octanol–water partition coefficient (Wildman–Crippen LogP) is 2.51. The van der Waals surface area contributed by atoms with Crippen LogP contribution >= 0.6 is 0 Å². The summed E-state index contributed by atoms with van der Waals surface area (Å²) in [6, 6.07) is 4.88. The van der Waals surface area contributed by atoms with Crippen molar-refractivity contribution in [3.63, 3.8) is 0 Å². The first kappa shape index (κ1) is 20.7. The quantitative estimate of drug-likeness (QED) is 0.797. The van der Waals surface area contributed by atoms with Gasteiger partial charge in [-0.15, -0.1) is 0 Å². The number of nitrogens with one attached hydrogen (secondary N) is 2. The smallest absolute Gasteiger partial charge is 0.323 e. The van der Waals surface area contributed by atoms with Gasteiger partial charge in [0.05, 0.1) is 37.0 Å². The van der Waals surface area contributed by atoms with Crippen LogP contribution in [0.1, 0.15) is 11.4 Å². The first-order valence-corrected chi connectivity index (χ1v) is 9.50. The van der Waals surface area contributed by atoms with Crippen molar-refractivity contribution in [2.45, 2.75) is 13.8 Å². The van der Waals surface area contributed by atoms with Crippen LogP contribution in [-0.4, -0.2) is 68.3 Å². The van der Waals surface area contributed by atoms with Crippen molar-refractivity contribution in [1.82, 2.24) is 14.9 Å². The number of aryl methyl sites for hydroxylation is 2. The number of hydrogen-bond donors (Lipinski definition) is 2. The van der Waals surface area contributed by atoms with E-state index in [1.165, 1.54) is 7.11 Å². The summed E-state index contributed by atoms with van der Waals surface area (Å²) < 4.78 is 10.6. The van der Waals surface area contributed by atoms with Gasteiger partial charge in [-0.05, 0) is 33.0 Å². The number of urea groups is 1. The number of rotatable bonds is 5. The van der Waals surface area contributed by atoms with Gasteiger partial charge in [0.2, 0.25) is 5.95 Å². The van der Waals surface area contributed by atoms with E-state index in [1.807, 2.05) is 13.8 Å². The molecule has 1 aromatic heterocycles. The third kappa shape index (κ3) is 4.68. The number of likely N-dealkylation sites (N-methyl/N-ethyl adjacent to an activating group) is 1. The Morgan fingerprint density at radius 2 is 1.66 bits per heavy atom. The van der Waals surface area contributed by atoms with Crippen molar-refractivity contribution >= 4 is 23.4 Å². The van der Waals surface area contributed by atoms with Crippen LogP contribution in [0.15, 0.2) is 18.2 Å². The van der Waals surface area contributed by atoms with E-state index in [0.717, 1.165) is 37.6 Å². The lowest BCUT2D eigenvalue weighted by molar-refractivity contribution is 0.262. The van der Waals surface area contributed by atoms with Crippen LogP contribution in [0.2, 0.25) is 0 Å². The monoisotopic (exact) mass is 400 g/mol. The van der Waals surface area contributed by atoms with Crippen LogP contribution in [0.4, 0.5) is 22.1 Å². The number of piperazine rings is 1. The maximum atomic E-state index is 12.6. The molecule has 1 fully saturated rings. The Kier molecular flexibility index (Phi) is 6.38. The van der Waals surface area contributed by atoms with E-state index in [1.54, 1.807) is 25.3 Å². The number of hydrogen-bond acceptors (Lipinski definition) is 7. The lowest BCUT2D eigenvalue weighted by atomic mass is 10.2. The zero-order chi connectivity index (χ0) is 21.0. The van der Waals surface area contributed by atoms with Gasteiger partial charge < -0.3 is 29.9 Å². The van der Waals surface area contributed by atoms with E-state index in [9.17, 15) is 4.79 Å². The molecule has 3 rings (SSSR count). The number of ether oxygens (including phenoxy) is 2. The fraction of sp³-hybridized carbons (Fsp3) is 0.450. The van der Waals surface area contributed by atoms with Crippen LogP contribution in [0, 0.1) is 13.8 Å². The van der Waals surface area contributed by atoms with Gasteiger partial charge in [-0.2, -0.15) is 0 Å². The molecule has 9 heteroatoms. The lowest BCUT2D eigenvalue weighted by Crippen LogP contribution is -2.45. The van der Waals surface area contributed by atoms with Gasteiger partial charge in [0.1, 0.15) is 0 Å². The fourth-order valence-electron chi connectivity index (χ4n) is 3.28. The summed E-state index contributed by atoms with van der Waals surface area (Å²) >= 11 is 0. The largest absolute Gasteiger partial charge is 0.493 e. The molecule has 156 valence electrons. The summed E-state index contributed by atoms with van der Waals surface area (Å²) in [5.74, 6) is 1.70. The van der Waals surface area contributed by atoms with E-state index >= 15 is 0 Å². The summed E-state index contributed by atoms with van der Waals surface area (Å²) in [6.45, 7) is 7.47. The number of carbonyl (C=O) groups is 1. The molecule has 0 unspecified atom stereocenters. The molecule has 0 saturated carbocycles. The molecule has 0 aliphatic carbocycles. The molecule has 29 heavy (non-hydrogen) atoms. The van der Waals surface area contributed by atoms with Crippen molar-refractivity contribution in [3.05, 3.63) is 29.6 Å². The molecule has 2 aromatic rings. The van der Waals surface area contributed by atoms with Crippen LogP contribution in [-0.2, 0) is 0 Å². The number of methoxy groups -OCH3 is 2. The Hall–Kier alpha value is -3.07. The number of benzene rings is 1. The SMILES string of the molecule is COc1cccc(NC(=O)Nc2c(C)nc(N3CCN(C)CC3)nc2C)c1OC. The Morgan fingerprint density at radius 1 is 1.00 bits per heavy atom. The molecule has 1 saturated heterocycles. The lowest BCUT2D eigenvalue weighted by Gasteiger charge is -2.32. The second kappa shape index (κ2) is 8.95. The normalized spacial score (nSPS) is 14.4. The third-order valence-corrected chi connectivity index (χ3v) is 4.93. The Balaban J connectivity index is 1.74. The summed E-state index contributed by atoms with van der Waals surface area (Å²) in [5.41, 5.74) is 2.55. The maximum Gasteiger partial charge on any atom is 0.323 e. The van der Waals surface area contributed by atoms with Crippen molar-refractivity contribution in [3.8, 4) is 11.5 Å². The van der Waals surface area contributed by atoms with E-state index in [4.69, 9.17) is 9.47 Å². The predicted molar refractivity (Wildman–Crippen MR) is 113 cm³/mol. The number of amides is 2. The number of anilines is 3. The van der Waals surface area contributed by atoms with Gasteiger partial charge in [0, 0.05) is 26.2 Å². The summed E-state index contributed by atoms with van der Waals surface area (Å²) in [7, 11) is 5.19. The molecule has 1 aliphatic heterocycles. The van der Waals surface area contributed by atoms with Gasteiger partial charge in [-0.3, -0.25) is 0 Å². The molecule has 2 N–H and O–H groups in total. The van der Waals surface area contributed by atoms with Gasteiger partial charge in [-0.1, -0.05) is 6.07 Å².